The van der Waals surface area contributed by atoms with Crippen LogP contribution in [0.25, 0.3) is 0 Å². The molecule has 1 rings (SSSR count). The molecule has 0 aromatic carbocycles. The van der Waals surface area contributed by atoms with Gasteiger partial charge in [0, 0.05) is 26.2 Å². The third kappa shape index (κ3) is 6.08. The minimum absolute atomic E-state index is 0. The highest BCUT2D eigenvalue weighted by atomic mass is 35.5. The molecule has 0 aromatic heterocycles. The fraction of sp³-hybridized carbons (Fsp3) is 0.923. The Bertz CT molecular complexity index is 275. The Hall–Kier alpha value is -0.360. The van der Waals surface area contributed by atoms with Gasteiger partial charge < -0.3 is 20.1 Å². The van der Waals surface area contributed by atoms with E-state index in [0.29, 0.717) is 26.2 Å². The van der Waals surface area contributed by atoms with Crippen molar-refractivity contribution < 1.29 is 14.3 Å². The van der Waals surface area contributed by atoms with Crippen LogP contribution in [0.3, 0.4) is 0 Å². The number of carbonyl (C=O) groups excluding carboxylic acids is 1. The molecule has 19 heavy (non-hydrogen) atoms. The minimum atomic E-state index is 0. The molecule has 1 unspecified atom stereocenters. The molecule has 0 aromatic rings. The zero-order chi connectivity index (χ0) is 13.6. The van der Waals surface area contributed by atoms with Gasteiger partial charge in [0.25, 0.3) is 0 Å². The molecule has 1 atom stereocenters. The summed E-state index contributed by atoms with van der Waals surface area (Å²) in [7, 11) is 1.63. The third-order valence-electron chi connectivity index (χ3n) is 3.56. The summed E-state index contributed by atoms with van der Waals surface area (Å²) in [6, 6.07) is 0.180. The molecule has 1 amide bonds. The Morgan fingerprint density at radius 2 is 2.05 bits per heavy atom. The first-order chi connectivity index (χ1) is 8.47. The number of amides is 1. The fourth-order valence-corrected chi connectivity index (χ4v) is 2.15. The Balaban J connectivity index is 0.00000324. The first-order valence-corrected chi connectivity index (χ1v) is 6.57. The van der Waals surface area contributed by atoms with E-state index in [9.17, 15) is 4.79 Å². The monoisotopic (exact) mass is 294 g/mol. The summed E-state index contributed by atoms with van der Waals surface area (Å²) in [6.07, 6.45) is 1.32. The predicted octanol–water partition coefficient (Wildman–Crippen LogP) is 1.05. The van der Waals surface area contributed by atoms with Crippen molar-refractivity contribution in [2.75, 3.05) is 40.0 Å². The van der Waals surface area contributed by atoms with Crippen molar-refractivity contribution in [3.05, 3.63) is 0 Å². The third-order valence-corrected chi connectivity index (χ3v) is 3.56. The fourth-order valence-electron chi connectivity index (χ4n) is 2.15. The van der Waals surface area contributed by atoms with Gasteiger partial charge in [-0.05, 0) is 11.8 Å². The second-order valence-corrected chi connectivity index (χ2v) is 5.55. The van der Waals surface area contributed by atoms with Crippen LogP contribution in [0.1, 0.15) is 26.7 Å². The maximum atomic E-state index is 12.0. The van der Waals surface area contributed by atoms with Gasteiger partial charge in [0.1, 0.15) is 0 Å². The molecule has 0 radical (unpaired) electrons. The summed E-state index contributed by atoms with van der Waals surface area (Å²) in [6.45, 7) is 7.32. The van der Waals surface area contributed by atoms with Gasteiger partial charge in [-0.3, -0.25) is 4.79 Å². The number of carbonyl (C=O) groups is 1. The summed E-state index contributed by atoms with van der Waals surface area (Å²) in [4.78, 5) is 13.9. The van der Waals surface area contributed by atoms with Crippen molar-refractivity contribution in [1.82, 2.24) is 4.90 Å². The summed E-state index contributed by atoms with van der Waals surface area (Å²) in [5.74, 6) is 0.160. The van der Waals surface area contributed by atoms with Gasteiger partial charge in [0.05, 0.1) is 26.2 Å². The van der Waals surface area contributed by atoms with Crippen LogP contribution in [0.5, 0.6) is 0 Å². The largest absolute Gasteiger partial charge is 0.382 e. The average molecular weight is 295 g/mol. The number of nitrogens with two attached hydrogens (primary N) is 1. The SMILES string of the molecule is COCCOCCC(=O)N1CCC(N)C(C)(C)C1.Cl. The molecular weight excluding hydrogens is 268 g/mol. The second-order valence-electron chi connectivity index (χ2n) is 5.55. The molecule has 0 bridgehead atoms. The topological polar surface area (TPSA) is 64.8 Å². The van der Waals surface area contributed by atoms with Gasteiger partial charge >= 0.3 is 0 Å². The van der Waals surface area contributed by atoms with E-state index in [2.05, 4.69) is 13.8 Å². The van der Waals surface area contributed by atoms with E-state index in [1.165, 1.54) is 0 Å². The van der Waals surface area contributed by atoms with Crippen molar-refractivity contribution in [3.8, 4) is 0 Å². The van der Waals surface area contributed by atoms with E-state index in [0.717, 1.165) is 19.5 Å². The molecule has 1 saturated heterocycles. The summed E-state index contributed by atoms with van der Waals surface area (Å²) in [5, 5.41) is 0. The number of nitrogens with zero attached hydrogens (tertiary/aromatic N) is 1. The van der Waals surface area contributed by atoms with Crippen molar-refractivity contribution >= 4 is 18.3 Å². The van der Waals surface area contributed by atoms with Crippen LogP contribution in [-0.4, -0.2) is 56.9 Å². The maximum Gasteiger partial charge on any atom is 0.224 e. The van der Waals surface area contributed by atoms with E-state index >= 15 is 0 Å². The van der Waals surface area contributed by atoms with E-state index in [1.807, 2.05) is 4.90 Å². The van der Waals surface area contributed by atoms with Gasteiger partial charge in [0.15, 0.2) is 0 Å². The van der Waals surface area contributed by atoms with E-state index < -0.39 is 0 Å². The van der Waals surface area contributed by atoms with E-state index in [4.69, 9.17) is 15.2 Å². The molecule has 1 fully saturated rings. The molecule has 114 valence electrons. The summed E-state index contributed by atoms with van der Waals surface area (Å²) < 4.78 is 10.2. The lowest BCUT2D eigenvalue weighted by Gasteiger charge is -2.42. The Morgan fingerprint density at radius 1 is 1.37 bits per heavy atom. The quantitative estimate of drug-likeness (QED) is 0.744. The lowest BCUT2D eigenvalue weighted by atomic mass is 9.79. The standard InChI is InChI=1S/C13H26N2O3.ClH/c1-13(2)10-15(6-4-11(13)14)12(16)5-7-18-9-8-17-3;/h11H,4-10,14H2,1-3H3;1H. The molecule has 1 aliphatic rings. The van der Waals surface area contributed by atoms with Crippen LogP contribution in [0.4, 0.5) is 0 Å². The van der Waals surface area contributed by atoms with Crippen LogP contribution >= 0.6 is 12.4 Å². The predicted molar refractivity (Wildman–Crippen MR) is 77.5 cm³/mol. The first kappa shape index (κ1) is 18.6. The molecule has 0 saturated carbocycles. The highest BCUT2D eigenvalue weighted by Gasteiger charge is 2.34. The van der Waals surface area contributed by atoms with Crippen molar-refractivity contribution in [2.24, 2.45) is 11.1 Å². The molecule has 1 heterocycles. The Kier molecular flexibility index (Phi) is 8.57. The van der Waals surface area contributed by atoms with Crippen molar-refractivity contribution in [2.45, 2.75) is 32.7 Å². The van der Waals surface area contributed by atoms with Crippen molar-refractivity contribution in [3.63, 3.8) is 0 Å². The smallest absolute Gasteiger partial charge is 0.224 e. The minimum Gasteiger partial charge on any atom is -0.382 e. The first-order valence-electron chi connectivity index (χ1n) is 6.57. The van der Waals surface area contributed by atoms with Crippen LogP contribution < -0.4 is 5.73 Å². The molecule has 6 heteroatoms. The van der Waals surface area contributed by atoms with Gasteiger partial charge in [-0.1, -0.05) is 13.8 Å². The van der Waals surface area contributed by atoms with Crippen LogP contribution in [-0.2, 0) is 14.3 Å². The Morgan fingerprint density at radius 3 is 2.63 bits per heavy atom. The number of rotatable bonds is 6. The number of methoxy groups -OCH3 is 1. The van der Waals surface area contributed by atoms with E-state index in [1.54, 1.807) is 7.11 Å². The van der Waals surface area contributed by atoms with Crippen LogP contribution in [0.2, 0.25) is 0 Å². The number of piperidine rings is 1. The van der Waals surface area contributed by atoms with Gasteiger partial charge in [-0.2, -0.15) is 0 Å². The number of halogens is 1. The zero-order valence-corrected chi connectivity index (χ0v) is 13.0. The highest BCUT2D eigenvalue weighted by Crippen LogP contribution is 2.27. The average Bonchev–Trinajstić information content (AvgIpc) is 2.32. The van der Waals surface area contributed by atoms with Gasteiger partial charge in [0.2, 0.25) is 5.91 Å². The van der Waals surface area contributed by atoms with E-state index in [-0.39, 0.29) is 29.8 Å². The number of hydrogen-bond acceptors (Lipinski definition) is 4. The highest BCUT2D eigenvalue weighted by molar-refractivity contribution is 5.85. The second kappa shape index (κ2) is 8.74. The molecule has 0 aliphatic carbocycles. The molecule has 1 aliphatic heterocycles. The lowest BCUT2D eigenvalue weighted by molar-refractivity contribution is -0.135. The zero-order valence-electron chi connectivity index (χ0n) is 12.2. The lowest BCUT2D eigenvalue weighted by Crippen LogP contribution is -2.54. The number of hydrogen-bond donors (Lipinski definition) is 1. The Labute approximate surface area is 122 Å². The van der Waals surface area contributed by atoms with Gasteiger partial charge in [-0.25, -0.2) is 0 Å². The normalized spacial score (nSPS) is 21.9. The molecular formula is C13H27ClN2O3. The van der Waals surface area contributed by atoms with Gasteiger partial charge in [-0.15, -0.1) is 12.4 Å². The summed E-state index contributed by atoms with van der Waals surface area (Å²) in [5.41, 5.74) is 6.06. The number of likely N-dealkylation sites (tertiary alicyclic amines) is 1. The molecule has 0 spiro atoms. The maximum absolute atomic E-state index is 12.0. The molecule has 5 nitrogen and oxygen atoms in total. The van der Waals surface area contributed by atoms with Crippen LogP contribution in [0, 0.1) is 5.41 Å². The molecule has 2 N–H and O–H groups in total. The van der Waals surface area contributed by atoms with Crippen molar-refractivity contribution in [1.29, 1.82) is 0 Å². The summed E-state index contributed by atoms with van der Waals surface area (Å²) >= 11 is 0. The number of ether oxygens (including phenoxy) is 2. The van der Waals surface area contributed by atoms with Crippen LogP contribution in [0.15, 0.2) is 0 Å².